The van der Waals surface area contributed by atoms with E-state index in [4.69, 9.17) is 23.2 Å². The second kappa shape index (κ2) is 17.3. The Morgan fingerprint density at radius 3 is 1.55 bits per heavy atom. The van der Waals surface area contributed by atoms with Gasteiger partial charge in [0.15, 0.2) is 11.6 Å². The average Bonchev–Trinajstić information content (AvgIpc) is 4.11. The summed E-state index contributed by atoms with van der Waals surface area (Å²) in [4.78, 5) is 51.2. The number of fused-ring (bicyclic) bond motifs is 2. The summed E-state index contributed by atoms with van der Waals surface area (Å²) in [7, 11) is 0. The van der Waals surface area contributed by atoms with Crippen LogP contribution in [-0.2, 0) is 0 Å². The predicted octanol–water partition coefficient (Wildman–Crippen LogP) is 7.84. The number of anilines is 2. The number of carbonyl (C=O) groups is 2. The second-order valence-electron chi connectivity index (χ2n) is 14.3. The molecular formula is C44H34Cl2N16O2. The van der Waals surface area contributed by atoms with Crippen LogP contribution in [0, 0.1) is 27.7 Å². The average molecular weight is 890 g/mol. The van der Waals surface area contributed by atoms with Gasteiger partial charge >= 0.3 is 0 Å². The lowest BCUT2D eigenvalue weighted by Crippen LogP contribution is -2.14. The maximum atomic E-state index is 12.9. The molecule has 10 aromatic rings. The van der Waals surface area contributed by atoms with Crippen LogP contribution in [0.1, 0.15) is 43.8 Å². The molecule has 0 radical (unpaired) electrons. The van der Waals surface area contributed by atoms with E-state index in [9.17, 15) is 9.59 Å². The van der Waals surface area contributed by atoms with E-state index in [-0.39, 0.29) is 11.8 Å². The molecule has 18 nitrogen and oxygen atoms in total. The lowest BCUT2D eigenvalue weighted by Gasteiger charge is -2.10. The molecule has 64 heavy (non-hydrogen) atoms. The van der Waals surface area contributed by atoms with E-state index in [0.717, 1.165) is 32.9 Å². The van der Waals surface area contributed by atoms with E-state index in [1.165, 1.54) is 46.8 Å². The molecular weight excluding hydrogens is 855 g/mol. The van der Waals surface area contributed by atoms with Crippen molar-refractivity contribution in [1.82, 2.24) is 69.0 Å². The highest BCUT2D eigenvalue weighted by Crippen LogP contribution is 2.27. The van der Waals surface area contributed by atoms with Crippen LogP contribution in [0.15, 0.2) is 123 Å². The van der Waals surface area contributed by atoms with Crippen LogP contribution in [0.25, 0.3) is 44.6 Å². The third kappa shape index (κ3) is 8.01. The van der Waals surface area contributed by atoms with Crippen molar-refractivity contribution in [2.75, 3.05) is 10.6 Å². The summed E-state index contributed by atoms with van der Waals surface area (Å²) < 4.78 is 6.44. The third-order valence-corrected chi connectivity index (χ3v) is 10.7. The van der Waals surface area contributed by atoms with Gasteiger partial charge in [-0.1, -0.05) is 71.7 Å². The van der Waals surface area contributed by atoms with Crippen molar-refractivity contribution in [3.63, 3.8) is 0 Å². The van der Waals surface area contributed by atoms with Gasteiger partial charge in [-0.15, -0.1) is 0 Å². The molecule has 0 aliphatic heterocycles. The summed E-state index contributed by atoms with van der Waals surface area (Å²) in [5.74, 6) is 1.50. The molecule has 10 rings (SSSR count). The van der Waals surface area contributed by atoms with Crippen LogP contribution in [0.4, 0.5) is 11.4 Å². The highest BCUT2D eigenvalue weighted by Gasteiger charge is 2.20. The molecule has 316 valence electrons. The molecule has 0 aliphatic carbocycles. The number of halogens is 2. The highest BCUT2D eigenvalue weighted by atomic mass is 35.5. The van der Waals surface area contributed by atoms with Gasteiger partial charge in [0.2, 0.25) is 0 Å². The Morgan fingerprint density at radius 2 is 1.08 bits per heavy atom. The molecule has 0 spiro atoms. The molecule has 2 N–H and O–H groups in total. The van der Waals surface area contributed by atoms with Gasteiger partial charge in [-0.05, 0) is 39.8 Å². The van der Waals surface area contributed by atoms with Crippen molar-refractivity contribution in [3.05, 3.63) is 167 Å². The van der Waals surface area contributed by atoms with E-state index in [1.807, 2.05) is 62.4 Å². The molecule has 0 saturated heterocycles. The fourth-order valence-electron chi connectivity index (χ4n) is 6.96. The quantitative estimate of drug-likeness (QED) is 0.150. The number of aromatic nitrogens is 14. The minimum absolute atomic E-state index is 0.315. The Bertz CT molecular complexity index is 3380. The lowest BCUT2D eigenvalue weighted by atomic mass is 10.1. The normalized spacial score (nSPS) is 11.1. The van der Waals surface area contributed by atoms with Crippen LogP contribution < -0.4 is 10.6 Å². The number of pyridine rings is 4. The molecule has 8 heterocycles. The number of hydrogen-bond donors (Lipinski definition) is 2. The summed E-state index contributed by atoms with van der Waals surface area (Å²) in [5.41, 5.74) is 4.77. The first-order valence-corrected chi connectivity index (χ1v) is 20.2. The number of rotatable bonds is 8. The van der Waals surface area contributed by atoms with Crippen LogP contribution in [0.2, 0.25) is 10.0 Å². The number of amides is 2. The third-order valence-electron chi connectivity index (χ3n) is 10.2. The van der Waals surface area contributed by atoms with E-state index < -0.39 is 0 Å². The fourth-order valence-corrected chi connectivity index (χ4v) is 7.46. The molecule has 8 aromatic heterocycles. The van der Waals surface area contributed by atoms with Crippen LogP contribution >= 0.6 is 23.2 Å². The molecule has 20 heteroatoms. The maximum absolute atomic E-state index is 12.9. The van der Waals surface area contributed by atoms with Crippen molar-refractivity contribution >= 4 is 67.9 Å². The van der Waals surface area contributed by atoms with Gasteiger partial charge in [0.25, 0.3) is 11.8 Å². The number of aryl methyl sites for hydroxylation is 2. The number of carbonyl (C=O) groups excluding carboxylic acids is 2. The molecule has 0 saturated carbocycles. The van der Waals surface area contributed by atoms with Gasteiger partial charge in [0.05, 0.1) is 92.5 Å². The van der Waals surface area contributed by atoms with E-state index in [1.54, 1.807) is 60.1 Å². The van der Waals surface area contributed by atoms with Crippen molar-refractivity contribution in [3.8, 4) is 23.0 Å². The van der Waals surface area contributed by atoms with Crippen molar-refractivity contribution in [1.29, 1.82) is 0 Å². The van der Waals surface area contributed by atoms with Gasteiger partial charge < -0.3 is 10.6 Å². The van der Waals surface area contributed by atoms with Crippen molar-refractivity contribution in [2.24, 2.45) is 0 Å². The maximum Gasteiger partial charge on any atom is 0.259 e. The van der Waals surface area contributed by atoms with Gasteiger partial charge in [-0.25, -0.2) is 34.0 Å². The standard InChI is InChI=1S/2C22H17ClN8O/c1-13-18(10-27-31(13)20-11-24-8-15-5-3-4-6-17(15)20)22(32)28-16-7-19(23)21(25-9-16)30-12-26-14(2)29-30;1-13-18(10-27-30(13)20-11-24-8-15-5-3-4-6-17(15)20)22(32)29-16-7-19(23)21(25-9-16)31-14(2)26-12-28-31/h3-12H,1-2H3,(H,28,32);3-12H,1-2H3,(H,29,32). The summed E-state index contributed by atoms with van der Waals surface area (Å²) in [6.45, 7) is 7.25. The first kappa shape index (κ1) is 41.1. The number of nitrogens with zero attached hydrogens (tertiary/aromatic N) is 14. The Morgan fingerprint density at radius 1 is 0.562 bits per heavy atom. The number of hydrogen-bond acceptors (Lipinski definition) is 12. The molecule has 0 aliphatic rings. The molecule has 2 aromatic carbocycles. The topological polar surface area (TPSA) is 207 Å². The highest BCUT2D eigenvalue weighted by molar-refractivity contribution is 6.33. The monoisotopic (exact) mass is 888 g/mol. The smallest absolute Gasteiger partial charge is 0.259 e. The summed E-state index contributed by atoms with van der Waals surface area (Å²) in [5, 5.41) is 27.5. The minimum atomic E-state index is -0.316. The number of benzene rings is 2. The second-order valence-corrected chi connectivity index (χ2v) is 15.1. The largest absolute Gasteiger partial charge is 0.320 e. The van der Waals surface area contributed by atoms with Gasteiger partial charge in [0.1, 0.15) is 24.3 Å². The molecule has 0 unspecified atom stereocenters. The van der Waals surface area contributed by atoms with E-state index in [0.29, 0.717) is 67.2 Å². The zero-order valence-electron chi connectivity index (χ0n) is 34.4. The Hall–Kier alpha value is -8.22. The van der Waals surface area contributed by atoms with Crippen LogP contribution in [0.5, 0.6) is 0 Å². The molecule has 2 amide bonds. The van der Waals surface area contributed by atoms with Crippen LogP contribution in [-0.4, -0.2) is 80.8 Å². The first-order chi connectivity index (χ1) is 31.0. The zero-order valence-corrected chi connectivity index (χ0v) is 35.9. The SMILES string of the molecule is Cc1ncn(-c2ncc(NC(=O)c3cnn(-c4cncc5ccccc45)c3C)cc2Cl)n1.Cc1ncnn1-c1ncc(NC(=O)c2cnn(-c3cncc4ccccc34)c2C)cc1Cl. The molecule has 0 fully saturated rings. The van der Waals surface area contributed by atoms with E-state index >= 15 is 0 Å². The van der Waals surface area contributed by atoms with Crippen molar-refractivity contribution in [2.45, 2.75) is 27.7 Å². The van der Waals surface area contributed by atoms with Crippen LogP contribution in [0.3, 0.4) is 0 Å². The summed E-state index contributed by atoms with van der Waals surface area (Å²) >= 11 is 12.7. The van der Waals surface area contributed by atoms with Gasteiger partial charge in [-0.2, -0.15) is 25.1 Å². The zero-order chi connectivity index (χ0) is 44.5. The first-order valence-electron chi connectivity index (χ1n) is 19.5. The van der Waals surface area contributed by atoms with Crippen molar-refractivity contribution < 1.29 is 9.59 Å². The summed E-state index contributed by atoms with van der Waals surface area (Å²) in [6.07, 6.45) is 16.1. The predicted molar refractivity (Wildman–Crippen MR) is 241 cm³/mol. The Balaban J connectivity index is 0.000000162. The fraction of sp³-hybridized carbons (Fsp3) is 0.0909. The number of nitrogens with one attached hydrogen (secondary N) is 2. The Kier molecular flexibility index (Phi) is 11.1. The van der Waals surface area contributed by atoms with E-state index in [2.05, 4.69) is 60.9 Å². The Labute approximate surface area is 373 Å². The van der Waals surface area contributed by atoms with Gasteiger partial charge in [0, 0.05) is 33.9 Å². The summed E-state index contributed by atoms with van der Waals surface area (Å²) in [6, 6.07) is 19.0. The molecule has 0 atom stereocenters. The molecule has 0 bridgehead atoms. The minimum Gasteiger partial charge on any atom is -0.320 e. The lowest BCUT2D eigenvalue weighted by molar-refractivity contribution is 0.101. The van der Waals surface area contributed by atoms with Gasteiger partial charge in [-0.3, -0.25) is 19.6 Å².